The van der Waals surface area contributed by atoms with Crippen LogP contribution >= 0.6 is 0 Å². The number of halogens is 2. The number of hydrogen-bond donors (Lipinski definition) is 1. The predicted octanol–water partition coefficient (Wildman–Crippen LogP) is 4.22. The molecule has 0 unspecified atom stereocenters. The maximum Gasteiger partial charge on any atom is 0.337 e. The van der Waals surface area contributed by atoms with Crippen molar-refractivity contribution in [2.45, 2.75) is 4.90 Å². The molecule has 3 rings (SSSR count). The zero-order chi connectivity index (χ0) is 20.3. The smallest absolute Gasteiger partial charge is 0.337 e. The van der Waals surface area contributed by atoms with Gasteiger partial charge in [0, 0.05) is 17.3 Å². The highest BCUT2D eigenvalue weighted by Gasteiger charge is 2.16. The fourth-order valence-corrected chi connectivity index (χ4v) is 3.63. The van der Waals surface area contributed by atoms with Crippen LogP contribution in [0.15, 0.2) is 71.6 Å². The van der Waals surface area contributed by atoms with Gasteiger partial charge in [-0.3, -0.25) is 4.72 Å². The van der Waals surface area contributed by atoms with E-state index in [1.54, 1.807) is 0 Å². The molecule has 0 spiro atoms. The summed E-state index contributed by atoms with van der Waals surface area (Å²) in [6, 6.07) is 14.5. The maximum atomic E-state index is 13.9. The molecule has 0 saturated carbocycles. The number of esters is 1. The lowest BCUT2D eigenvalue weighted by Gasteiger charge is -2.10. The molecular weight excluding hydrogens is 388 g/mol. The van der Waals surface area contributed by atoms with Gasteiger partial charge in [0.1, 0.15) is 11.6 Å². The summed E-state index contributed by atoms with van der Waals surface area (Å²) >= 11 is 0. The molecule has 1 N–H and O–H groups in total. The Morgan fingerprint density at radius 3 is 2.32 bits per heavy atom. The van der Waals surface area contributed by atoms with Crippen molar-refractivity contribution in [2.24, 2.45) is 0 Å². The zero-order valence-electron chi connectivity index (χ0n) is 14.6. The molecule has 0 aromatic heterocycles. The van der Waals surface area contributed by atoms with Crippen LogP contribution in [0, 0.1) is 11.6 Å². The number of hydrogen-bond acceptors (Lipinski definition) is 4. The molecule has 0 heterocycles. The Balaban J connectivity index is 1.86. The first kappa shape index (κ1) is 19.5. The highest BCUT2D eigenvalue weighted by molar-refractivity contribution is 7.92. The molecule has 0 aliphatic heterocycles. The molecule has 144 valence electrons. The maximum absolute atomic E-state index is 13.9. The normalized spacial score (nSPS) is 11.1. The summed E-state index contributed by atoms with van der Waals surface area (Å²) in [4.78, 5) is 11.5. The number of anilines is 1. The summed E-state index contributed by atoms with van der Waals surface area (Å²) in [5, 5.41) is 0. The monoisotopic (exact) mass is 403 g/mol. The highest BCUT2D eigenvalue weighted by atomic mass is 32.2. The fraction of sp³-hybridized carbons (Fsp3) is 0.0500. The van der Waals surface area contributed by atoms with Gasteiger partial charge in [-0.25, -0.2) is 22.0 Å². The summed E-state index contributed by atoms with van der Waals surface area (Å²) in [6.07, 6.45) is 0. The molecule has 0 radical (unpaired) electrons. The van der Waals surface area contributed by atoms with Crippen molar-refractivity contribution in [3.05, 3.63) is 83.9 Å². The van der Waals surface area contributed by atoms with Crippen molar-refractivity contribution in [3.8, 4) is 11.1 Å². The molecule has 0 aliphatic rings. The van der Waals surface area contributed by atoms with E-state index in [2.05, 4.69) is 9.46 Å². The van der Waals surface area contributed by atoms with Crippen LogP contribution in [0.3, 0.4) is 0 Å². The largest absolute Gasteiger partial charge is 0.465 e. The number of benzene rings is 3. The molecule has 0 atom stereocenters. The Labute approximate surface area is 160 Å². The van der Waals surface area contributed by atoms with Crippen molar-refractivity contribution < 1.29 is 26.7 Å². The molecular formula is C20H15F2NO4S. The fourth-order valence-electron chi connectivity index (χ4n) is 2.58. The molecule has 0 fully saturated rings. The van der Waals surface area contributed by atoms with Crippen molar-refractivity contribution in [1.29, 1.82) is 0 Å². The van der Waals surface area contributed by atoms with Gasteiger partial charge in [0.05, 0.1) is 17.6 Å². The third kappa shape index (κ3) is 4.17. The van der Waals surface area contributed by atoms with Crippen LogP contribution in [0.5, 0.6) is 0 Å². The molecule has 3 aromatic rings. The number of rotatable bonds is 5. The van der Waals surface area contributed by atoms with Crippen LogP contribution in [-0.4, -0.2) is 21.5 Å². The van der Waals surface area contributed by atoms with Gasteiger partial charge in [-0.2, -0.15) is 0 Å². The number of carbonyl (C=O) groups excluding carboxylic acids is 1. The van der Waals surface area contributed by atoms with Crippen molar-refractivity contribution in [1.82, 2.24) is 0 Å². The van der Waals surface area contributed by atoms with Crippen LogP contribution < -0.4 is 4.72 Å². The Bertz CT molecular complexity index is 1130. The van der Waals surface area contributed by atoms with E-state index in [0.717, 1.165) is 12.1 Å². The summed E-state index contributed by atoms with van der Waals surface area (Å²) in [6.45, 7) is 0. The van der Waals surface area contributed by atoms with Gasteiger partial charge in [0.25, 0.3) is 10.0 Å². The molecule has 3 aromatic carbocycles. The lowest BCUT2D eigenvalue weighted by molar-refractivity contribution is 0.0600. The van der Waals surface area contributed by atoms with Gasteiger partial charge in [-0.15, -0.1) is 0 Å². The topological polar surface area (TPSA) is 72.5 Å². The van der Waals surface area contributed by atoms with E-state index in [1.165, 1.54) is 61.7 Å². The minimum atomic E-state index is -3.93. The highest BCUT2D eigenvalue weighted by Crippen LogP contribution is 2.25. The summed E-state index contributed by atoms with van der Waals surface area (Å²) in [5.41, 5.74) is 0.953. The Kier molecular flexibility index (Phi) is 5.41. The third-order valence-electron chi connectivity index (χ3n) is 3.94. The van der Waals surface area contributed by atoms with Gasteiger partial charge < -0.3 is 4.74 Å². The number of ether oxygens (including phenoxy) is 1. The van der Waals surface area contributed by atoms with E-state index in [1.807, 2.05) is 0 Å². The van der Waals surface area contributed by atoms with Crippen LogP contribution in [0.1, 0.15) is 10.4 Å². The average molecular weight is 403 g/mol. The Morgan fingerprint density at radius 1 is 0.964 bits per heavy atom. The lowest BCUT2D eigenvalue weighted by Crippen LogP contribution is -2.13. The molecule has 28 heavy (non-hydrogen) atoms. The van der Waals surface area contributed by atoms with E-state index in [9.17, 15) is 22.0 Å². The van der Waals surface area contributed by atoms with Gasteiger partial charge in [-0.1, -0.05) is 18.2 Å². The van der Waals surface area contributed by atoms with E-state index in [0.29, 0.717) is 5.56 Å². The van der Waals surface area contributed by atoms with Gasteiger partial charge in [0.15, 0.2) is 0 Å². The number of nitrogens with one attached hydrogen (secondary N) is 1. The number of sulfonamides is 1. The van der Waals surface area contributed by atoms with Crippen molar-refractivity contribution >= 4 is 21.7 Å². The molecule has 8 heteroatoms. The van der Waals surface area contributed by atoms with E-state index in [-0.39, 0.29) is 21.7 Å². The average Bonchev–Trinajstić information content (AvgIpc) is 2.67. The summed E-state index contributed by atoms with van der Waals surface area (Å²) < 4.78 is 59.0. The number of methoxy groups -OCH3 is 1. The van der Waals surface area contributed by atoms with Crippen molar-refractivity contribution in [3.63, 3.8) is 0 Å². The lowest BCUT2D eigenvalue weighted by atomic mass is 10.1. The van der Waals surface area contributed by atoms with Gasteiger partial charge >= 0.3 is 5.97 Å². The second-order valence-corrected chi connectivity index (χ2v) is 7.51. The molecule has 0 amide bonds. The molecule has 0 aliphatic carbocycles. The molecule has 0 saturated heterocycles. The quantitative estimate of drug-likeness (QED) is 0.648. The third-order valence-corrected chi connectivity index (χ3v) is 5.34. The van der Waals surface area contributed by atoms with E-state index < -0.39 is 27.6 Å². The van der Waals surface area contributed by atoms with Crippen LogP contribution in [0.2, 0.25) is 0 Å². The minimum Gasteiger partial charge on any atom is -0.465 e. The van der Waals surface area contributed by atoms with Crippen LogP contribution in [0.4, 0.5) is 14.5 Å². The first-order valence-electron chi connectivity index (χ1n) is 8.07. The second kappa shape index (κ2) is 7.77. The molecule has 0 bridgehead atoms. The standard InChI is InChI=1S/C20H15F2NO4S/c1-27-20(24)14-3-2-4-16(11-14)23-28(25,26)17-8-5-13(6-9-17)18-10-7-15(21)12-19(18)22/h2-12,23H,1H3. The predicted molar refractivity (Wildman–Crippen MR) is 100 cm³/mol. The SMILES string of the molecule is COC(=O)c1cccc(NS(=O)(=O)c2ccc(-c3ccc(F)cc3F)cc2)c1. The first-order chi connectivity index (χ1) is 13.3. The summed E-state index contributed by atoms with van der Waals surface area (Å²) in [7, 11) is -2.71. The van der Waals surface area contributed by atoms with Crippen LogP contribution in [0.25, 0.3) is 11.1 Å². The summed E-state index contributed by atoms with van der Waals surface area (Å²) in [5.74, 6) is -2.03. The Morgan fingerprint density at radius 2 is 1.68 bits per heavy atom. The van der Waals surface area contributed by atoms with Crippen molar-refractivity contribution in [2.75, 3.05) is 11.8 Å². The molecule has 5 nitrogen and oxygen atoms in total. The Hall–Kier alpha value is -3.26. The van der Waals surface area contributed by atoms with E-state index >= 15 is 0 Å². The van der Waals surface area contributed by atoms with E-state index in [4.69, 9.17) is 0 Å². The van der Waals surface area contributed by atoms with Gasteiger partial charge in [-0.05, 0) is 48.0 Å². The van der Waals surface area contributed by atoms with Crippen LogP contribution in [-0.2, 0) is 14.8 Å². The number of carbonyl (C=O) groups is 1. The first-order valence-corrected chi connectivity index (χ1v) is 9.55. The van der Waals surface area contributed by atoms with Gasteiger partial charge in [0.2, 0.25) is 0 Å². The second-order valence-electron chi connectivity index (χ2n) is 5.83. The zero-order valence-corrected chi connectivity index (χ0v) is 15.5. The minimum absolute atomic E-state index is 0.0535.